The number of carbonyl (C=O) groups excluding carboxylic acids is 2. The Bertz CT molecular complexity index is 1160. The molecule has 6 nitrogen and oxygen atoms in total. The highest BCUT2D eigenvalue weighted by Crippen LogP contribution is 2.31. The van der Waals surface area contributed by atoms with Crippen LogP contribution in [0, 0.1) is 6.92 Å². The lowest BCUT2D eigenvalue weighted by molar-refractivity contribution is -0.141. The fraction of sp³-hybridized carbons (Fsp3) is 0.310. The molecule has 1 atom stereocenters. The van der Waals surface area contributed by atoms with Crippen LogP contribution in [0.25, 0.3) is 0 Å². The summed E-state index contributed by atoms with van der Waals surface area (Å²) in [5, 5.41) is 2.77. The number of benzene rings is 3. The molecule has 1 heterocycles. The minimum Gasteiger partial charge on any atom is -0.486 e. The number of rotatable bonds is 9. The van der Waals surface area contributed by atoms with Gasteiger partial charge < -0.3 is 19.7 Å². The lowest BCUT2D eigenvalue weighted by atomic mass is 10.0. The molecule has 0 bridgehead atoms. The Morgan fingerprint density at radius 1 is 0.914 bits per heavy atom. The number of likely N-dealkylation sites (N-methyl/N-ethyl adjacent to an activating group) is 1. The maximum atomic E-state index is 13.7. The van der Waals surface area contributed by atoms with Crippen molar-refractivity contribution in [1.29, 1.82) is 0 Å². The molecular weight excluding hydrogens is 440 g/mol. The molecule has 0 unspecified atom stereocenters. The number of nitrogens with one attached hydrogen (secondary N) is 1. The smallest absolute Gasteiger partial charge is 0.242 e. The van der Waals surface area contributed by atoms with Gasteiger partial charge >= 0.3 is 0 Å². The van der Waals surface area contributed by atoms with Crippen LogP contribution in [0.2, 0.25) is 0 Å². The van der Waals surface area contributed by atoms with Crippen LogP contribution in [0.5, 0.6) is 11.5 Å². The molecule has 1 N–H and O–H groups in total. The van der Waals surface area contributed by atoms with Gasteiger partial charge in [-0.1, -0.05) is 60.7 Å². The molecule has 0 radical (unpaired) electrons. The first kappa shape index (κ1) is 24.3. The quantitative estimate of drug-likeness (QED) is 0.510. The largest absolute Gasteiger partial charge is 0.486 e. The van der Waals surface area contributed by atoms with Crippen LogP contribution >= 0.6 is 0 Å². The Hall–Kier alpha value is -3.80. The SMILES string of the molecule is CNC(=O)[C@@H](Cc1ccccc1)N(Cc1ccccc1C)C(=O)CCc1ccc2c(c1)OCCO2. The average molecular weight is 473 g/mol. The van der Waals surface area contributed by atoms with Crippen molar-refractivity contribution < 1.29 is 19.1 Å². The van der Waals surface area contributed by atoms with E-state index in [0.29, 0.717) is 38.3 Å². The van der Waals surface area contributed by atoms with E-state index in [0.717, 1.165) is 28.0 Å². The lowest BCUT2D eigenvalue weighted by Gasteiger charge is -2.31. The standard InChI is InChI=1S/C29H32N2O4/c1-21-8-6-7-11-24(21)20-31(25(29(33)30-2)18-22-9-4-3-5-10-22)28(32)15-13-23-12-14-26-27(19-23)35-17-16-34-26/h3-12,14,19,25H,13,15-18,20H2,1-2H3,(H,30,33)/t25-/m1/s1. The second-order valence-electron chi connectivity index (χ2n) is 8.75. The van der Waals surface area contributed by atoms with Crippen molar-refractivity contribution in [3.05, 3.63) is 95.1 Å². The number of hydrogen-bond acceptors (Lipinski definition) is 4. The van der Waals surface area contributed by atoms with Crippen molar-refractivity contribution >= 4 is 11.8 Å². The fourth-order valence-electron chi connectivity index (χ4n) is 4.33. The molecule has 3 aromatic carbocycles. The number of fused-ring (bicyclic) bond motifs is 1. The Morgan fingerprint density at radius 3 is 2.37 bits per heavy atom. The molecule has 0 saturated carbocycles. The van der Waals surface area contributed by atoms with Crippen LogP contribution in [0.1, 0.15) is 28.7 Å². The molecule has 0 spiro atoms. The molecule has 0 fully saturated rings. The Kier molecular flexibility index (Phi) is 8.03. The third kappa shape index (κ3) is 6.21. The average Bonchev–Trinajstić information content (AvgIpc) is 2.90. The first-order chi connectivity index (χ1) is 17.0. The first-order valence-corrected chi connectivity index (χ1v) is 12.0. The summed E-state index contributed by atoms with van der Waals surface area (Å²) in [7, 11) is 1.62. The molecule has 2 amide bonds. The highest BCUT2D eigenvalue weighted by Gasteiger charge is 2.30. The normalized spacial score (nSPS) is 13.1. The second kappa shape index (κ2) is 11.6. The van der Waals surface area contributed by atoms with Gasteiger partial charge in [0.05, 0.1) is 0 Å². The third-order valence-corrected chi connectivity index (χ3v) is 6.35. The van der Waals surface area contributed by atoms with Gasteiger partial charge in [0.15, 0.2) is 11.5 Å². The summed E-state index contributed by atoms with van der Waals surface area (Å²) in [6, 6.07) is 23.0. The highest BCUT2D eigenvalue weighted by molar-refractivity contribution is 5.88. The molecule has 35 heavy (non-hydrogen) atoms. The van der Waals surface area contributed by atoms with E-state index >= 15 is 0 Å². The zero-order chi connectivity index (χ0) is 24.6. The summed E-state index contributed by atoms with van der Waals surface area (Å²) in [6.07, 6.45) is 1.28. The summed E-state index contributed by atoms with van der Waals surface area (Å²) in [4.78, 5) is 28.4. The van der Waals surface area contributed by atoms with Crippen LogP contribution in [0.15, 0.2) is 72.8 Å². The molecule has 182 valence electrons. The zero-order valence-corrected chi connectivity index (χ0v) is 20.3. The van der Waals surface area contributed by atoms with Crippen molar-refractivity contribution in [3.63, 3.8) is 0 Å². The highest BCUT2D eigenvalue weighted by atomic mass is 16.6. The zero-order valence-electron chi connectivity index (χ0n) is 20.3. The van der Waals surface area contributed by atoms with Gasteiger partial charge in [0.2, 0.25) is 11.8 Å². The van der Waals surface area contributed by atoms with E-state index in [-0.39, 0.29) is 18.2 Å². The molecular formula is C29H32N2O4. The molecule has 0 aliphatic carbocycles. The van der Waals surface area contributed by atoms with Crippen LogP contribution in [0.4, 0.5) is 0 Å². The second-order valence-corrected chi connectivity index (χ2v) is 8.75. The van der Waals surface area contributed by atoms with Crippen LogP contribution in [0.3, 0.4) is 0 Å². The van der Waals surface area contributed by atoms with Crippen molar-refractivity contribution in [1.82, 2.24) is 10.2 Å². The fourth-order valence-corrected chi connectivity index (χ4v) is 4.33. The summed E-state index contributed by atoms with van der Waals surface area (Å²) < 4.78 is 11.3. The van der Waals surface area contributed by atoms with Gasteiger partial charge in [0.25, 0.3) is 0 Å². The minimum atomic E-state index is -0.616. The van der Waals surface area contributed by atoms with Crippen molar-refractivity contribution in [2.75, 3.05) is 20.3 Å². The van der Waals surface area contributed by atoms with E-state index in [1.807, 2.05) is 79.7 Å². The van der Waals surface area contributed by atoms with Crippen LogP contribution < -0.4 is 14.8 Å². The number of nitrogens with zero attached hydrogens (tertiary/aromatic N) is 1. The lowest BCUT2D eigenvalue weighted by Crippen LogP contribution is -2.49. The van der Waals surface area contributed by atoms with Gasteiger partial charge in [-0.05, 0) is 47.7 Å². The van der Waals surface area contributed by atoms with Crippen molar-refractivity contribution in [2.45, 2.75) is 38.8 Å². The van der Waals surface area contributed by atoms with E-state index in [2.05, 4.69) is 5.32 Å². The van der Waals surface area contributed by atoms with Gasteiger partial charge in [-0.3, -0.25) is 9.59 Å². The van der Waals surface area contributed by atoms with Gasteiger partial charge in [0, 0.05) is 26.4 Å². The third-order valence-electron chi connectivity index (χ3n) is 6.35. The topological polar surface area (TPSA) is 67.9 Å². The summed E-state index contributed by atoms with van der Waals surface area (Å²) in [5.41, 5.74) is 4.13. The Balaban J connectivity index is 1.57. The number of aryl methyl sites for hydroxylation is 2. The number of ether oxygens (including phenoxy) is 2. The van der Waals surface area contributed by atoms with Gasteiger partial charge in [-0.2, -0.15) is 0 Å². The molecule has 1 aliphatic rings. The first-order valence-electron chi connectivity index (χ1n) is 12.0. The van der Waals surface area contributed by atoms with Crippen LogP contribution in [-0.2, 0) is 29.0 Å². The van der Waals surface area contributed by atoms with E-state index in [4.69, 9.17) is 9.47 Å². The Labute approximate surface area is 206 Å². The van der Waals surface area contributed by atoms with E-state index in [1.54, 1.807) is 11.9 Å². The predicted octanol–water partition coefficient (Wildman–Crippen LogP) is 4.08. The molecule has 3 aromatic rings. The van der Waals surface area contributed by atoms with Crippen molar-refractivity contribution in [2.24, 2.45) is 0 Å². The van der Waals surface area contributed by atoms with Gasteiger partial charge in [-0.15, -0.1) is 0 Å². The molecule has 6 heteroatoms. The van der Waals surface area contributed by atoms with E-state index in [9.17, 15) is 9.59 Å². The maximum Gasteiger partial charge on any atom is 0.242 e. The maximum absolute atomic E-state index is 13.7. The van der Waals surface area contributed by atoms with Crippen LogP contribution in [-0.4, -0.2) is 43.0 Å². The summed E-state index contributed by atoms with van der Waals surface area (Å²) in [6.45, 7) is 3.46. The number of amides is 2. The predicted molar refractivity (Wildman–Crippen MR) is 135 cm³/mol. The van der Waals surface area contributed by atoms with Gasteiger partial charge in [-0.25, -0.2) is 0 Å². The summed E-state index contributed by atoms with van der Waals surface area (Å²) in [5.74, 6) is 1.21. The van der Waals surface area contributed by atoms with E-state index < -0.39 is 6.04 Å². The molecule has 0 aromatic heterocycles. The molecule has 1 aliphatic heterocycles. The van der Waals surface area contributed by atoms with Gasteiger partial charge in [0.1, 0.15) is 19.3 Å². The molecule has 4 rings (SSSR count). The number of hydrogen-bond donors (Lipinski definition) is 1. The molecule has 0 saturated heterocycles. The monoisotopic (exact) mass is 472 g/mol. The number of carbonyl (C=O) groups is 2. The van der Waals surface area contributed by atoms with Crippen molar-refractivity contribution in [3.8, 4) is 11.5 Å². The van der Waals surface area contributed by atoms with E-state index in [1.165, 1.54) is 0 Å². The Morgan fingerprint density at radius 2 is 1.63 bits per heavy atom. The summed E-state index contributed by atoms with van der Waals surface area (Å²) >= 11 is 0. The minimum absolute atomic E-state index is 0.0623.